The van der Waals surface area contributed by atoms with Crippen LogP contribution < -0.4 is 5.32 Å². The van der Waals surface area contributed by atoms with E-state index in [9.17, 15) is 20.1 Å². The summed E-state index contributed by atoms with van der Waals surface area (Å²) >= 11 is 0. The quantitative estimate of drug-likeness (QED) is 0.345. The van der Waals surface area contributed by atoms with E-state index in [0.717, 1.165) is 6.08 Å². The lowest BCUT2D eigenvalue weighted by molar-refractivity contribution is -0.148. The van der Waals surface area contributed by atoms with Crippen LogP contribution in [0, 0.1) is 5.41 Å². The van der Waals surface area contributed by atoms with Crippen LogP contribution in [0.25, 0.3) is 0 Å². The van der Waals surface area contributed by atoms with Gasteiger partial charge in [-0.3, -0.25) is 0 Å². The van der Waals surface area contributed by atoms with Gasteiger partial charge in [-0.25, -0.2) is 4.79 Å². The van der Waals surface area contributed by atoms with Gasteiger partial charge in [-0.1, -0.05) is 20.8 Å². The number of aliphatic carboxylic acids is 1. The van der Waals surface area contributed by atoms with Gasteiger partial charge in [-0.05, 0) is 11.5 Å². The maximum Gasteiger partial charge on any atom is 0.370 e. The summed E-state index contributed by atoms with van der Waals surface area (Å²) in [4.78, 5) is 11.0. The van der Waals surface area contributed by atoms with Gasteiger partial charge in [0.1, 0.15) is 18.3 Å². The summed E-state index contributed by atoms with van der Waals surface area (Å²) in [6, 6.07) is -0.821. The maximum atomic E-state index is 11.0. The molecule has 0 aromatic rings. The van der Waals surface area contributed by atoms with Crippen molar-refractivity contribution in [2.24, 2.45) is 5.41 Å². The van der Waals surface area contributed by atoms with E-state index in [4.69, 9.17) is 14.9 Å². The van der Waals surface area contributed by atoms with Gasteiger partial charge in [-0.2, -0.15) is 0 Å². The molecule has 5 atom stereocenters. The Hall–Kier alpha value is -1.19. The van der Waals surface area contributed by atoms with Crippen LogP contribution in [-0.4, -0.2) is 75.1 Å². The highest BCUT2D eigenvalue weighted by molar-refractivity contribution is 5.84. The average molecular weight is 319 g/mol. The molecule has 0 amide bonds. The molecule has 0 spiro atoms. The zero-order valence-electron chi connectivity index (χ0n) is 12.9. The molecule has 1 aliphatic rings. The molecule has 0 aromatic carbocycles. The molecule has 0 unspecified atom stereocenters. The standard InChI is InChI=1S/C14H25NO7/c1-14(2,3)6-15-10-7(17)4-9(13(20)21)22-12(10)11(19)8(18)5-16/h4,7-8,10-12,15-19H,5-6H2,1-3H3,(H,20,21)/t7-,8+,10+,11+,12+/m0/s1. The average Bonchev–Trinajstić information content (AvgIpc) is 2.42. The number of carboxylic acids is 1. The van der Waals surface area contributed by atoms with Gasteiger partial charge in [0, 0.05) is 6.54 Å². The molecule has 22 heavy (non-hydrogen) atoms. The third-order valence-corrected chi connectivity index (χ3v) is 3.30. The van der Waals surface area contributed by atoms with Gasteiger partial charge >= 0.3 is 5.97 Å². The number of aliphatic hydroxyl groups excluding tert-OH is 4. The lowest BCUT2D eigenvalue weighted by atomic mass is 9.91. The third-order valence-electron chi connectivity index (χ3n) is 3.30. The number of aliphatic hydroxyl groups is 4. The maximum absolute atomic E-state index is 11.0. The van der Waals surface area contributed by atoms with Gasteiger partial charge in [0.25, 0.3) is 0 Å². The first-order chi connectivity index (χ1) is 10.1. The minimum absolute atomic E-state index is 0.123. The molecule has 0 saturated heterocycles. The molecule has 0 radical (unpaired) electrons. The Morgan fingerprint density at radius 1 is 1.41 bits per heavy atom. The van der Waals surface area contributed by atoms with Crippen molar-refractivity contribution in [2.45, 2.75) is 51.2 Å². The van der Waals surface area contributed by atoms with Crippen LogP contribution in [0.3, 0.4) is 0 Å². The van der Waals surface area contributed by atoms with E-state index in [2.05, 4.69) is 5.32 Å². The van der Waals surface area contributed by atoms with Gasteiger partial charge in [0.05, 0.1) is 18.8 Å². The summed E-state index contributed by atoms with van der Waals surface area (Å²) in [5, 5.41) is 50.7. The minimum atomic E-state index is -1.56. The molecule has 6 N–H and O–H groups in total. The van der Waals surface area contributed by atoms with Crippen molar-refractivity contribution in [1.82, 2.24) is 5.32 Å². The molecule has 1 heterocycles. The number of carbonyl (C=O) groups is 1. The summed E-state index contributed by atoms with van der Waals surface area (Å²) in [7, 11) is 0. The zero-order valence-corrected chi connectivity index (χ0v) is 12.9. The fourth-order valence-electron chi connectivity index (χ4n) is 2.10. The van der Waals surface area contributed by atoms with Crippen LogP contribution in [-0.2, 0) is 9.53 Å². The molecular weight excluding hydrogens is 294 g/mol. The fourth-order valence-corrected chi connectivity index (χ4v) is 2.10. The highest BCUT2D eigenvalue weighted by Gasteiger charge is 2.42. The number of rotatable bonds is 6. The van der Waals surface area contributed by atoms with E-state index in [1.807, 2.05) is 20.8 Å². The van der Waals surface area contributed by atoms with Crippen molar-refractivity contribution < 1.29 is 35.1 Å². The summed E-state index contributed by atoms with van der Waals surface area (Å²) in [5.74, 6) is -1.89. The summed E-state index contributed by atoms with van der Waals surface area (Å²) in [5.41, 5.74) is -0.123. The Balaban J connectivity index is 2.98. The number of carboxylic acid groups (broad SMARTS) is 1. The van der Waals surface area contributed by atoms with Gasteiger partial charge < -0.3 is 35.6 Å². The summed E-state index contributed by atoms with van der Waals surface area (Å²) in [6.45, 7) is 5.63. The Morgan fingerprint density at radius 3 is 2.45 bits per heavy atom. The van der Waals surface area contributed by atoms with Crippen molar-refractivity contribution in [3.63, 3.8) is 0 Å². The predicted molar refractivity (Wildman–Crippen MR) is 76.9 cm³/mol. The van der Waals surface area contributed by atoms with Crippen LogP contribution in [0.2, 0.25) is 0 Å². The second-order valence-electron chi connectivity index (χ2n) is 6.62. The third kappa shape index (κ3) is 4.92. The molecular formula is C14H25NO7. The first-order valence-electron chi connectivity index (χ1n) is 7.07. The van der Waals surface area contributed by atoms with Crippen molar-refractivity contribution in [1.29, 1.82) is 0 Å². The van der Waals surface area contributed by atoms with Crippen LogP contribution in [0.5, 0.6) is 0 Å². The largest absolute Gasteiger partial charge is 0.479 e. The monoisotopic (exact) mass is 319 g/mol. The Labute approximate surface area is 129 Å². The second kappa shape index (κ2) is 7.38. The molecule has 0 bridgehead atoms. The van der Waals surface area contributed by atoms with Gasteiger partial charge in [0.2, 0.25) is 5.76 Å². The molecule has 8 heteroatoms. The molecule has 1 rings (SSSR count). The van der Waals surface area contributed by atoms with Crippen molar-refractivity contribution in [2.75, 3.05) is 13.2 Å². The summed E-state index contributed by atoms with van der Waals surface area (Å²) in [6.07, 6.45) is -4.45. The Morgan fingerprint density at radius 2 is 2.00 bits per heavy atom. The highest BCUT2D eigenvalue weighted by atomic mass is 16.5. The normalized spacial score (nSPS) is 28.5. The number of nitrogens with one attached hydrogen (secondary N) is 1. The van der Waals surface area contributed by atoms with Crippen LogP contribution in [0.4, 0.5) is 0 Å². The number of hydrogen-bond acceptors (Lipinski definition) is 7. The molecule has 8 nitrogen and oxygen atoms in total. The molecule has 128 valence electrons. The minimum Gasteiger partial charge on any atom is -0.479 e. The van der Waals surface area contributed by atoms with Crippen LogP contribution in [0.1, 0.15) is 20.8 Å². The Bertz CT molecular complexity index is 418. The smallest absolute Gasteiger partial charge is 0.370 e. The van der Waals surface area contributed by atoms with Gasteiger partial charge in [0.15, 0.2) is 0 Å². The molecule has 0 aromatic heterocycles. The van der Waals surface area contributed by atoms with E-state index in [-0.39, 0.29) is 5.41 Å². The zero-order chi connectivity index (χ0) is 17.1. The molecule has 0 fully saturated rings. The first-order valence-corrected chi connectivity index (χ1v) is 7.07. The second-order valence-corrected chi connectivity index (χ2v) is 6.62. The highest BCUT2D eigenvalue weighted by Crippen LogP contribution is 2.24. The van der Waals surface area contributed by atoms with E-state index >= 15 is 0 Å². The first kappa shape index (κ1) is 18.9. The fraction of sp³-hybridized carbons (Fsp3) is 0.786. The van der Waals surface area contributed by atoms with E-state index in [1.165, 1.54) is 0 Å². The molecule has 0 aliphatic carbocycles. The lowest BCUT2D eigenvalue weighted by Crippen LogP contribution is -2.59. The number of ether oxygens (including phenoxy) is 1. The van der Waals surface area contributed by atoms with Gasteiger partial charge in [-0.15, -0.1) is 0 Å². The van der Waals surface area contributed by atoms with E-state index < -0.39 is 48.8 Å². The molecule has 0 saturated carbocycles. The SMILES string of the molecule is CC(C)(C)CN[C@H]1[C@H]([C@H](O)[C@H](O)CO)OC(C(=O)O)=C[C@@H]1O. The number of hydrogen-bond donors (Lipinski definition) is 6. The topological polar surface area (TPSA) is 139 Å². The van der Waals surface area contributed by atoms with E-state index in [1.54, 1.807) is 0 Å². The van der Waals surface area contributed by atoms with Crippen molar-refractivity contribution in [3.8, 4) is 0 Å². The van der Waals surface area contributed by atoms with Crippen molar-refractivity contribution >= 4 is 5.97 Å². The molecule has 1 aliphatic heterocycles. The van der Waals surface area contributed by atoms with Crippen LogP contribution in [0.15, 0.2) is 11.8 Å². The lowest BCUT2D eigenvalue weighted by Gasteiger charge is -2.39. The van der Waals surface area contributed by atoms with Crippen LogP contribution >= 0.6 is 0 Å². The van der Waals surface area contributed by atoms with E-state index in [0.29, 0.717) is 6.54 Å². The Kier molecular flexibility index (Phi) is 6.33. The summed E-state index contributed by atoms with van der Waals surface area (Å²) < 4.78 is 5.20. The predicted octanol–water partition coefficient (Wildman–Crippen LogP) is -1.57. The van der Waals surface area contributed by atoms with Crippen molar-refractivity contribution in [3.05, 3.63) is 11.8 Å².